The monoisotopic (exact) mass is 702 g/mol. The van der Waals surface area contributed by atoms with E-state index in [4.69, 9.17) is 0 Å². The minimum atomic E-state index is 1.37. The Balaban J connectivity index is 3.04. The molecule has 1 radical (unpaired) electrons. The van der Waals surface area contributed by atoms with Crippen LogP contribution in [0.4, 0.5) is 0 Å². The van der Waals surface area contributed by atoms with Gasteiger partial charge < -0.3 is 0 Å². The van der Waals surface area contributed by atoms with Gasteiger partial charge in [-0.15, -0.1) is 0 Å². The molecule has 0 aromatic carbocycles. The fourth-order valence-corrected chi connectivity index (χ4v) is 8.12. The maximum absolute atomic E-state index is 2.60. The number of unbranched alkanes of at least 4 members (excludes halogenated alkanes) is 47. The highest BCUT2D eigenvalue weighted by Crippen LogP contribution is 2.18. The first-order valence-electron chi connectivity index (χ1n) is 24.7. The molecule has 0 N–H and O–H groups in total. The van der Waals surface area contributed by atoms with Gasteiger partial charge in [0.15, 0.2) is 0 Å². The van der Waals surface area contributed by atoms with E-state index in [1.165, 1.54) is 302 Å². The van der Waals surface area contributed by atoms with Crippen LogP contribution >= 0.6 is 0 Å². The van der Waals surface area contributed by atoms with E-state index < -0.39 is 0 Å². The minimum Gasteiger partial charge on any atom is -0.0654 e. The van der Waals surface area contributed by atoms with Crippen LogP contribution in [-0.2, 0) is 0 Å². The molecule has 0 saturated carbocycles. The van der Waals surface area contributed by atoms with Crippen molar-refractivity contribution in [3.05, 3.63) is 6.42 Å². The molecule has 0 aliphatic heterocycles. The van der Waals surface area contributed by atoms with Gasteiger partial charge >= 0.3 is 0 Å². The summed E-state index contributed by atoms with van der Waals surface area (Å²) in [4.78, 5) is 0. The van der Waals surface area contributed by atoms with Crippen molar-refractivity contribution in [1.82, 2.24) is 0 Å². The van der Waals surface area contributed by atoms with Gasteiger partial charge in [0.1, 0.15) is 0 Å². The first-order valence-corrected chi connectivity index (χ1v) is 24.7. The van der Waals surface area contributed by atoms with Gasteiger partial charge in [0, 0.05) is 0 Å². The quantitative estimate of drug-likeness (QED) is 0.0554. The van der Waals surface area contributed by atoms with Crippen molar-refractivity contribution >= 4 is 0 Å². The highest BCUT2D eigenvalue weighted by atomic mass is 14.0. The Morgan fingerprint density at radius 2 is 0.280 bits per heavy atom. The molecule has 0 aliphatic rings. The highest BCUT2D eigenvalue weighted by molar-refractivity contribution is 4.65. The van der Waals surface area contributed by atoms with E-state index in [0.717, 1.165) is 0 Å². The lowest BCUT2D eigenvalue weighted by Gasteiger charge is -2.05. The summed E-state index contributed by atoms with van der Waals surface area (Å²) in [6.45, 7) is 4.62. The topological polar surface area (TPSA) is 0 Å². The van der Waals surface area contributed by atoms with Crippen molar-refractivity contribution in [3.8, 4) is 0 Å². The van der Waals surface area contributed by atoms with Crippen molar-refractivity contribution in [2.24, 2.45) is 0 Å². The summed E-state index contributed by atoms with van der Waals surface area (Å²) in [6, 6.07) is 0. The van der Waals surface area contributed by atoms with E-state index in [1.54, 1.807) is 0 Å². The van der Waals surface area contributed by atoms with Gasteiger partial charge in [0.2, 0.25) is 0 Å². The third-order valence-corrected chi connectivity index (χ3v) is 11.8. The summed E-state index contributed by atoms with van der Waals surface area (Å²) in [5.74, 6) is 0. The van der Waals surface area contributed by atoms with Crippen LogP contribution in [0.2, 0.25) is 0 Å². The largest absolute Gasteiger partial charge is 0.0654 e. The molecule has 0 rings (SSSR count). The summed E-state index contributed by atoms with van der Waals surface area (Å²) >= 11 is 0. The SMILES string of the molecule is CCCCCCCCCCCCCCCCCCCCCC[CH]CCCCCCCCCCCCCCCCCCCCCCCCCCC. The van der Waals surface area contributed by atoms with Gasteiger partial charge in [-0.1, -0.05) is 316 Å². The van der Waals surface area contributed by atoms with Crippen LogP contribution in [-0.4, -0.2) is 0 Å². The molecule has 0 aromatic heterocycles. The lowest BCUT2D eigenvalue weighted by atomic mass is 10.0. The first kappa shape index (κ1) is 50.0. The molecular weight excluding hydrogens is 601 g/mol. The molecule has 50 heavy (non-hydrogen) atoms. The van der Waals surface area contributed by atoms with Crippen molar-refractivity contribution in [1.29, 1.82) is 0 Å². The van der Waals surface area contributed by atoms with E-state index in [0.29, 0.717) is 0 Å². The van der Waals surface area contributed by atoms with Crippen LogP contribution < -0.4 is 0 Å². The summed E-state index contributed by atoms with van der Waals surface area (Å²) in [7, 11) is 0. The third-order valence-electron chi connectivity index (χ3n) is 11.8. The molecule has 0 bridgehead atoms. The minimum absolute atomic E-state index is 1.37. The lowest BCUT2D eigenvalue weighted by molar-refractivity contribution is 0.515. The molecule has 0 fully saturated rings. The molecule has 0 aromatic rings. The first-order chi connectivity index (χ1) is 24.9. The zero-order chi connectivity index (χ0) is 35.9. The second-order valence-corrected chi connectivity index (χ2v) is 17.1. The summed E-state index contributed by atoms with van der Waals surface area (Å²) < 4.78 is 0. The van der Waals surface area contributed by atoms with Gasteiger partial charge in [-0.05, 0) is 6.42 Å². The lowest BCUT2D eigenvalue weighted by Crippen LogP contribution is -1.85. The van der Waals surface area contributed by atoms with E-state index >= 15 is 0 Å². The predicted octanol–water partition coefficient (Wildman–Crippen LogP) is 19.6. The Kier molecular flexibility index (Phi) is 49.0. The maximum atomic E-state index is 2.60. The zero-order valence-corrected chi connectivity index (χ0v) is 35.8. The number of rotatable bonds is 47. The Bertz CT molecular complexity index is 488. The third kappa shape index (κ3) is 48.0. The molecule has 0 spiro atoms. The second kappa shape index (κ2) is 49.0. The van der Waals surface area contributed by atoms with Crippen LogP contribution in [0.25, 0.3) is 0 Å². The van der Waals surface area contributed by atoms with Crippen LogP contribution in [0.3, 0.4) is 0 Å². The average Bonchev–Trinajstić information content (AvgIpc) is 3.13. The van der Waals surface area contributed by atoms with Gasteiger partial charge in [-0.25, -0.2) is 0 Å². The predicted molar refractivity (Wildman–Crippen MR) is 233 cm³/mol. The standard InChI is InChI=1S/C50H101/c1-3-5-7-9-11-13-15-17-19-21-23-25-27-29-31-33-35-37-39-41-43-45-47-49-50-48-46-44-42-40-38-36-34-32-30-28-26-24-22-20-18-16-14-12-10-8-6-4-2/h45H,3-44,46-50H2,1-2H3. The van der Waals surface area contributed by atoms with Gasteiger partial charge in [0.25, 0.3) is 0 Å². The Morgan fingerprint density at radius 1 is 0.160 bits per heavy atom. The highest BCUT2D eigenvalue weighted by Gasteiger charge is 1.99. The Morgan fingerprint density at radius 3 is 0.420 bits per heavy atom. The maximum Gasteiger partial charge on any atom is -0.0386 e. The summed E-state index contributed by atoms with van der Waals surface area (Å²) in [5, 5.41) is 0. The molecule has 0 nitrogen and oxygen atoms in total. The molecule has 0 atom stereocenters. The van der Waals surface area contributed by atoms with E-state index in [-0.39, 0.29) is 0 Å². The van der Waals surface area contributed by atoms with Gasteiger partial charge in [-0.2, -0.15) is 0 Å². The van der Waals surface area contributed by atoms with Gasteiger partial charge in [0.05, 0.1) is 0 Å². The van der Waals surface area contributed by atoms with E-state index in [2.05, 4.69) is 20.3 Å². The van der Waals surface area contributed by atoms with E-state index in [9.17, 15) is 0 Å². The molecular formula is C50H101. The Labute approximate surface area is 321 Å². The van der Waals surface area contributed by atoms with E-state index in [1.807, 2.05) is 0 Å². The number of hydrogen-bond acceptors (Lipinski definition) is 0. The summed E-state index contributed by atoms with van der Waals surface area (Å²) in [5.41, 5.74) is 0. The van der Waals surface area contributed by atoms with Crippen molar-refractivity contribution in [2.75, 3.05) is 0 Å². The van der Waals surface area contributed by atoms with Crippen LogP contribution in [0.1, 0.15) is 316 Å². The molecule has 0 amide bonds. The van der Waals surface area contributed by atoms with Crippen molar-refractivity contribution < 1.29 is 0 Å². The molecule has 301 valence electrons. The average molecular weight is 702 g/mol. The molecule has 0 heteroatoms. The normalized spacial score (nSPS) is 11.6. The molecule has 0 saturated heterocycles. The van der Waals surface area contributed by atoms with Crippen LogP contribution in [0.15, 0.2) is 0 Å². The smallest absolute Gasteiger partial charge is 0.0386 e. The molecule has 0 aliphatic carbocycles. The molecule has 0 heterocycles. The fourth-order valence-electron chi connectivity index (χ4n) is 8.12. The van der Waals surface area contributed by atoms with Crippen LogP contribution in [0, 0.1) is 6.42 Å². The van der Waals surface area contributed by atoms with Crippen molar-refractivity contribution in [3.63, 3.8) is 0 Å². The Hall–Kier alpha value is 0. The second-order valence-electron chi connectivity index (χ2n) is 17.1. The summed E-state index contributed by atoms with van der Waals surface area (Å²) in [6.07, 6.45) is 71.9. The fraction of sp³-hybridized carbons (Fsp3) is 0.980. The van der Waals surface area contributed by atoms with Crippen LogP contribution in [0.5, 0.6) is 0 Å². The van der Waals surface area contributed by atoms with Gasteiger partial charge in [-0.3, -0.25) is 0 Å². The zero-order valence-electron chi connectivity index (χ0n) is 35.8. The molecule has 0 unspecified atom stereocenters. The number of hydrogen-bond donors (Lipinski definition) is 0. The van der Waals surface area contributed by atoms with Crippen molar-refractivity contribution in [2.45, 2.75) is 316 Å².